The van der Waals surface area contributed by atoms with Crippen LogP contribution < -0.4 is 4.90 Å². The van der Waals surface area contributed by atoms with Crippen molar-refractivity contribution in [3.63, 3.8) is 0 Å². The minimum Gasteiger partial charge on any atom is -0.454 e. The van der Waals surface area contributed by atoms with Gasteiger partial charge in [0, 0.05) is 53.3 Å². The van der Waals surface area contributed by atoms with E-state index in [1.165, 1.54) is 70.2 Å². The van der Waals surface area contributed by atoms with Crippen molar-refractivity contribution in [1.29, 1.82) is 0 Å². The molecule has 0 aliphatic heterocycles. The number of furan rings is 1. The molecule has 0 fully saturated rings. The molecule has 0 N–H and O–H groups in total. The Morgan fingerprint density at radius 1 is 0.463 bits per heavy atom. The molecule has 2 heterocycles. The zero-order chi connectivity index (χ0) is 35.5. The number of para-hydroxylation sites is 2. The smallest absolute Gasteiger partial charge is 0.159 e. The largest absolute Gasteiger partial charge is 0.454 e. The minimum atomic E-state index is -0.375. The second-order valence-corrected chi connectivity index (χ2v) is 16.0. The summed E-state index contributed by atoms with van der Waals surface area (Å²) in [5, 5.41) is 4.85. The van der Waals surface area contributed by atoms with Crippen LogP contribution in [0.5, 0.6) is 0 Å². The van der Waals surface area contributed by atoms with E-state index in [1.54, 1.807) is 0 Å². The van der Waals surface area contributed by atoms with Crippen LogP contribution in [-0.4, -0.2) is 0 Å². The highest BCUT2D eigenvalue weighted by atomic mass is 32.1. The fraction of sp³-hybridized carbons (Fsp3) is 0.0588. The van der Waals surface area contributed by atoms with Crippen molar-refractivity contribution in [2.75, 3.05) is 4.90 Å². The van der Waals surface area contributed by atoms with Gasteiger partial charge in [-0.05, 0) is 94.3 Å². The van der Waals surface area contributed by atoms with Crippen LogP contribution in [0.4, 0.5) is 17.1 Å². The monoisotopic (exact) mass is 707 g/mol. The normalized spacial score (nSPS) is 13.7. The molecule has 0 spiro atoms. The molecule has 0 amide bonds. The predicted molar refractivity (Wildman–Crippen MR) is 227 cm³/mol. The molecule has 10 aromatic rings. The summed E-state index contributed by atoms with van der Waals surface area (Å²) in [5.41, 5.74) is 16.5. The van der Waals surface area contributed by atoms with E-state index in [4.69, 9.17) is 4.42 Å². The fourth-order valence-electron chi connectivity index (χ4n) is 9.65. The number of hydrogen-bond donors (Lipinski definition) is 0. The average molecular weight is 708 g/mol. The lowest BCUT2D eigenvalue weighted by atomic mass is 9.74. The van der Waals surface area contributed by atoms with Crippen LogP contribution in [-0.2, 0) is 11.8 Å². The Bertz CT molecular complexity index is 3130. The van der Waals surface area contributed by atoms with Crippen molar-refractivity contribution < 1.29 is 4.42 Å². The number of hydrogen-bond acceptors (Lipinski definition) is 3. The van der Waals surface area contributed by atoms with E-state index in [9.17, 15) is 0 Å². The molecule has 2 nitrogen and oxygen atoms in total. The molecule has 0 bridgehead atoms. The molecule has 0 unspecified atom stereocenters. The van der Waals surface area contributed by atoms with Crippen LogP contribution in [0.3, 0.4) is 0 Å². The maximum Gasteiger partial charge on any atom is 0.159 e. The van der Waals surface area contributed by atoms with E-state index in [0.29, 0.717) is 0 Å². The van der Waals surface area contributed by atoms with Crippen molar-refractivity contribution in [1.82, 2.24) is 0 Å². The average Bonchev–Trinajstić information content (AvgIpc) is 3.97. The van der Waals surface area contributed by atoms with Gasteiger partial charge in [-0.3, -0.25) is 0 Å². The highest BCUT2D eigenvalue weighted by molar-refractivity contribution is 7.25. The van der Waals surface area contributed by atoms with Crippen LogP contribution in [0.2, 0.25) is 0 Å². The number of fused-ring (bicyclic) bond motifs is 12. The van der Waals surface area contributed by atoms with Crippen molar-refractivity contribution in [3.05, 3.63) is 198 Å². The highest BCUT2D eigenvalue weighted by Crippen LogP contribution is 2.55. The molecule has 254 valence electrons. The fourth-order valence-corrected chi connectivity index (χ4v) is 10.8. The van der Waals surface area contributed by atoms with Gasteiger partial charge in [-0.1, -0.05) is 133 Å². The van der Waals surface area contributed by atoms with E-state index in [-0.39, 0.29) is 5.41 Å². The Balaban J connectivity index is 1.11. The lowest BCUT2D eigenvalue weighted by Crippen LogP contribution is -2.22. The first-order valence-electron chi connectivity index (χ1n) is 18.7. The van der Waals surface area contributed by atoms with Gasteiger partial charge in [-0.2, -0.15) is 0 Å². The Kier molecular flexibility index (Phi) is 6.16. The van der Waals surface area contributed by atoms with Gasteiger partial charge in [0.1, 0.15) is 5.58 Å². The first-order chi connectivity index (χ1) is 26.6. The molecule has 0 atom stereocenters. The quantitative estimate of drug-likeness (QED) is 0.181. The standard InChI is InChI=1S/C51H33NOS/c1-51(43-19-7-4-14-36(43)37-15-5-8-20-44(37)51)45-21-10-17-40-41-18-11-22-46(50(41)53-49(40)45)52(33-25-24-32-28-31-12-2-3-13-35(31)42(32)29-33)34-26-27-39-38-16-6-9-23-47(38)54-48(39)30-34/h2-27,29-30H,28H2,1H3. The van der Waals surface area contributed by atoms with Gasteiger partial charge < -0.3 is 9.32 Å². The van der Waals surface area contributed by atoms with Gasteiger partial charge in [0.15, 0.2) is 5.58 Å². The maximum atomic E-state index is 7.29. The summed E-state index contributed by atoms with van der Waals surface area (Å²) >= 11 is 1.86. The number of rotatable bonds is 4. The van der Waals surface area contributed by atoms with Gasteiger partial charge >= 0.3 is 0 Å². The maximum absolute atomic E-state index is 7.29. The second-order valence-electron chi connectivity index (χ2n) is 14.9. The van der Waals surface area contributed by atoms with Gasteiger partial charge in [0.2, 0.25) is 0 Å². The Morgan fingerprint density at radius 3 is 1.89 bits per heavy atom. The number of anilines is 3. The summed E-state index contributed by atoms with van der Waals surface area (Å²) in [6, 6.07) is 62.6. The van der Waals surface area contributed by atoms with Crippen molar-refractivity contribution in [2.24, 2.45) is 0 Å². The van der Waals surface area contributed by atoms with E-state index in [2.05, 4.69) is 182 Å². The molecule has 2 aliphatic rings. The number of nitrogens with zero attached hydrogens (tertiary/aromatic N) is 1. The first kappa shape index (κ1) is 30.1. The zero-order valence-corrected chi connectivity index (χ0v) is 30.5. The molecule has 8 aromatic carbocycles. The van der Waals surface area contributed by atoms with E-state index < -0.39 is 0 Å². The van der Waals surface area contributed by atoms with Crippen molar-refractivity contribution in [2.45, 2.75) is 18.8 Å². The van der Waals surface area contributed by atoms with Gasteiger partial charge in [-0.25, -0.2) is 0 Å². The summed E-state index contributed by atoms with van der Waals surface area (Å²) in [6.45, 7) is 2.37. The summed E-state index contributed by atoms with van der Waals surface area (Å²) < 4.78 is 9.87. The zero-order valence-electron chi connectivity index (χ0n) is 29.6. The van der Waals surface area contributed by atoms with E-state index in [1.807, 2.05) is 11.3 Å². The molecule has 12 rings (SSSR count). The molecular formula is C51H33NOS. The molecule has 2 aliphatic carbocycles. The summed E-state index contributed by atoms with van der Waals surface area (Å²) in [7, 11) is 0. The Morgan fingerprint density at radius 2 is 1.06 bits per heavy atom. The summed E-state index contributed by atoms with van der Waals surface area (Å²) in [5.74, 6) is 0. The second kappa shape index (κ2) is 11.1. The van der Waals surface area contributed by atoms with Crippen LogP contribution >= 0.6 is 11.3 Å². The number of thiophene rings is 1. The van der Waals surface area contributed by atoms with Gasteiger partial charge in [0.05, 0.1) is 5.69 Å². The topological polar surface area (TPSA) is 16.4 Å². The van der Waals surface area contributed by atoms with Crippen LogP contribution in [0.15, 0.2) is 174 Å². The van der Waals surface area contributed by atoms with E-state index >= 15 is 0 Å². The summed E-state index contributed by atoms with van der Waals surface area (Å²) in [4.78, 5) is 2.41. The summed E-state index contributed by atoms with van der Waals surface area (Å²) in [6.07, 6.45) is 0.965. The lowest BCUT2D eigenvalue weighted by molar-refractivity contribution is 0.638. The SMILES string of the molecule is CC1(c2cccc3c2oc2c(N(c4ccc5c(c4)-c4ccccc4C5)c4ccc5c(c4)sc4ccccc45)cccc23)c2ccccc2-c2ccccc21. The molecule has 0 saturated carbocycles. The van der Waals surface area contributed by atoms with Gasteiger partial charge in [-0.15, -0.1) is 11.3 Å². The molecular weight excluding hydrogens is 675 g/mol. The molecule has 3 heteroatoms. The molecule has 0 radical (unpaired) electrons. The first-order valence-corrected chi connectivity index (χ1v) is 19.5. The molecule has 54 heavy (non-hydrogen) atoms. The lowest BCUT2D eigenvalue weighted by Gasteiger charge is -2.28. The third kappa shape index (κ3) is 4.05. The highest BCUT2D eigenvalue weighted by Gasteiger charge is 2.42. The third-order valence-corrected chi connectivity index (χ3v) is 13.3. The van der Waals surface area contributed by atoms with Crippen LogP contribution in [0, 0.1) is 0 Å². The van der Waals surface area contributed by atoms with Crippen molar-refractivity contribution >= 4 is 70.5 Å². The van der Waals surface area contributed by atoms with E-state index in [0.717, 1.165) is 45.4 Å². The van der Waals surface area contributed by atoms with Crippen LogP contribution in [0.1, 0.15) is 34.7 Å². The Labute approximate surface area is 317 Å². The van der Waals surface area contributed by atoms with Crippen LogP contribution in [0.25, 0.3) is 64.4 Å². The van der Waals surface area contributed by atoms with Crippen molar-refractivity contribution in [3.8, 4) is 22.3 Å². The molecule has 2 aromatic heterocycles. The number of benzene rings is 8. The Hall–Kier alpha value is -6.42. The van der Waals surface area contributed by atoms with Gasteiger partial charge in [0.25, 0.3) is 0 Å². The predicted octanol–water partition coefficient (Wildman–Crippen LogP) is 14.3. The minimum absolute atomic E-state index is 0.375. The molecule has 0 saturated heterocycles. The third-order valence-electron chi connectivity index (χ3n) is 12.2.